The van der Waals surface area contributed by atoms with Gasteiger partial charge >= 0.3 is 5.97 Å². The minimum Gasteiger partial charge on any atom is -0.463 e. The van der Waals surface area contributed by atoms with Crippen LogP contribution >= 0.6 is 0 Å². The minimum atomic E-state index is -0.296. The van der Waals surface area contributed by atoms with Crippen molar-refractivity contribution in [1.82, 2.24) is 0 Å². The molecule has 15 heavy (non-hydrogen) atoms. The van der Waals surface area contributed by atoms with Crippen molar-refractivity contribution >= 4 is 5.97 Å². The van der Waals surface area contributed by atoms with Crippen LogP contribution in [0.1, 0.15) is 27.2 Å². The molecule has 0 spiro atoms. The van der Waals surface area contributed by atoms with E-state index in [1.807, 2.05) is 6.92 Å². The smallest absolute Gasteiger partial charge is 0.330 e. The van der Waals surface area contributed by atoms with Gasteiger partial charge in [-0.2, -0.15) is 0 Å². The lowest BCUT2D eigenvalue weighted by Crippen LogP contribution is -2.18. The quantitative estimate of drug-likeness (QED) is 0.407. The van der Waals surface area contributed by atoms with Gasteiger partial charge in [0.2, 0.25) is 0 Å². The minimum absolute atomic E-state index is 0.0665. The van der Waals surface area contributed by atoms with Gasteiger partial charge in [-0.25, -0.2) is 4.79 Å². The normalized spacial score (nSPS) is 22.2. The Hall–Kier alpha value is -1.09. The molecule has 0 fully saturated rings. The Morgan fingerprint density at radius 3 is 3.07 bits per heavy atom. The van der Waals surface area contributed by atoms with Crippen molar-refractivity contribution in [1.29, 1.82) is 0 Å². The molecule has 0 amide bonds. The molecular weight excluding hydrogens is 192 g/mol. The largest absolute Gasteiger partial charge is 0.463 e. The molecular formula is C12H18O3. The van der Waals surface area contributed by atoms with E-state index in [-0.39, 0.29) is 12.1 Å². The van der Waals surface area contributed by atoms with Crippen molar-refractivity contribution < 1.29 is 14.3 Å². The third kappa shape index (κ3) is 3.88. The molecule has 0 N–H and O–H groups in total. The summed E-state index contributed by atoms with van der Waals surface area (Å²) in [5, 5.41) is 0. The Kier molecular flexibility index (Phi) is 4.56. The molecule has 0 saturated heterocycles. The fourth-order valence-corrected chi connectivity index (χ4v) is 1.45. The zero-order valence-electron chi connectivity index (χ0n) is 9.58. The molecule has 0 radical (unpaired) electrons. The maximum atomic E-state index is 11.2. The molecule has 1 heterocycles. The molecule has 0 aromatic rings. The van der Waals surface area contributed by atoms with E-state index in [1.54, 1.807) is 6.92 Å². The standard InChI is InChI=1S/C12H18O3/c1-4-14-12(13)8-10(3)11-7-9(2)5-6-15-11/h7-8,11H,4-6H2,1-3H3/b10-8+. The molecule has 0 bridgehead atoms. The third-order valence-electron chi connectivity index (χ3n) is 2.31. The van der Waals surface area contributed by atoms with Gasteiger partial charge in [-0.05, 0) is 32.8 Å². The Morgan fingerprint density at radius 1 is 1.73 bits per heavy atom. The molecule has 1 aliphatic heterocycles. The van der Waals surface area contributed by atoms with E-state index < -0.39 is 0 Å². The highest BCUT2D eigenvalue weighted by Crippen LogP contribution is 2.17. The van der Waals surface area contributed by atoms with E-state index in [0.717, 1.165) is 18.6 Å². The molecule has 0 saturated carbocycles. The number of esters is 1. The molecule has 84 valence electrons. The summed E-state index contributed by atoms with van der Waals surface area (Å²) >= 11 is 0. The first-order valence-electron chi connectivity index (χ1n) is 5.27. The molecule has 1 unspecified atom stereocenters. The summed E-state index contributed by atoms with van der Waals surface area (Å²) in [4.78, 5) is 11.2. The Labute approximate surface area is 90.8 Å². The lowest BCUT2D eigenvalue weighted by Gasteiger charge is -2.20. The lowest BCUT2D eigenvalue weighted by molar-refractivity contribution is -0.137. The number of carbonyl (C=O) groups is 1. The summed E-state index contributed by atoms with van der Waals surface area (Å²) < 4.78 is 10.4. The van der Waals surface area contributed by atoms with E-state index >= 15 is 0 Å². The predicted molar refractivity (Wildman–Crippen MR) is 58.5 cm³/mol. The van der Waals surface area contributed by atoms with Gasteiger partial charge < -0.3 is 9.47 Å². The fraction of sp³-hybridized carbons (Fsp3) is 0.583. The fourth-order valence-electron chi connectivity index (χ4n) is 1.45. The van der Waals surface area contributed by atoms with Gasteiger partial charge in [-0.15, -0.1) is 0 Å². The molecule has 3 nitrogen and oxygen atoms in total. The van der Waals surface area contributed by atoms with Crippen LogP contribution in [-0.4, -0.2) is 25.3 Å². The Morgan fingerprint density at radius 2 is 2.47 bits per heavy atom. The third-order valence-corrected chi connectivity index (χ3v) is 2.31. The van der Waals surface area contributed by atoms with E-state index in [2.05, 4.69) is 13.0 Å². The van der Waals surface area contributed by atoms with Gasteiger partial charge in [0.05, 0.1) is 19.3 Å². The maximum Gasteiger partial charge on any atom is 0.330 e. The van der Waals surface area contributed by atoms with E-state index in [0.29, 0.717) is 6.61 Å². The van der Waals surface area contributed by atoms with Crippen molar-refractivity contribution in [2.75, 3.05) is 13.2 Å². The average Bonchev–Trinajstić information content (AvgIpc) is 2.18. The molecule has 0 aromatic carbocycles. The highest BCUT2D eigenvalue weighted by molar-refractivity contribution is 5.82. The van der Waals surface area contributed by atoms with Crippen molar-refractivity contribution in [3.8, 4) is 0 Å². The second-order valence-electron chi connectivity index (χ2n) is 3.69. The zero-order chi connectivity index (χ0) is 11.3. The van der Waals surface area contributed by atoms with Crippen LogP contribution < -0.4 is 0 Å². The number of hydrogen-bond donors (Lipinski definition) is 0. The van der Waals surface area contributed by atoms with Gasteiger partial charge in [0.1, 0.15) is 0 Å². The van der Waals surface area contributed by atoms with Crippen molar-refractivity contribution in [2.45, 2.75) is 33.3 Å². The summed E-state index contributed by atoms with van der Waals surface area (Å²) in [5.74, 6) is -0.296. The van der Waals surface area contributed by atoms with Crippen molar-refractivity contribution in [3.63, 3.8) is 0 Å². The van der Waals surface area contributed by atoms with E-state index in [9.17, 15) is 4.79 Å². The summed E-state index contributed by atoms with van der Waals surface area (Å²) in [6.45, 7) is 6.89. The highest BCUT2D eigenvalue weighted by atomic mass is 16.5. The summed E-state index contributed by atoms with van der Waals surface area (Å²) in [6, 6.07) is 0. The maximum absolute atomic E-state index is 11.2. The molecule has 0 aliphatic carbocycles. The summed E-state index contributed by atoms with van der Waals surface area (Å²) in [5.41, 5.74) is 2.20. The van der Waals surface area contributed by atoms with Crippen LogP contribution in [0.2, 0.25) is 0 Å². The first-order chi connectivity index (χ1) is 7.13. The van der Waals surface area contributed by atoms with Crippen LogP contribution in [0, 0.1) is 0 Å². The van der Waals surface area contributed by atoms with Crippen LogP contribution in [-0.2, 0) is 14.3 Å². The molecule has 1 aliphatic rings. The Balaban J connectivity index is 2.62. The van der Waals surface area contributed by atoms with Gasteiger partial charge in [-0.1, -0.05) is 11.6 Å². The second-order valence-corrected chi connectivity index (χ2v) is 3.69. The second kappa shape index (κ2) is 5.71. The topological polar surface area (TPSA) is 35.5 Å². The average molecular weight is 210 g/mol. The van der Waals surface area contributed by atoms with Gasteiger partial charge in [0, 0.05) is 6.08 Å². The molecule has 3 heteroatoms. The van der Waals surface area contributed by atoms with E-state index in [4.69, 9.17) is 9.47 Å². The zero-order valence-corrected chi connectivity index (χ0v) is 9.58. The van der Waals surface area contributed by atoms with Gasteiger partial charge in [0.15, 0.2) is 0 Å². The molecule has 0 aromatic heterocycles. The van der Waals surface area contributed by atoms with Crippen LogP contribution in [0.4, 0.5) is 0 Å². The number of rotatable bonds is 3. The van der Waals surface area contributed by atoms with Crippen molar-refractivity contribution in [2.24, 2.45) is 0 Å². The molecule has 1 atom stereocenters. The number of hydrogen-bond acceptors (Lipinski definition) is 3. The number of ether oxygens (including phenoxy) is 2. The summed E-state index contributed by atoms with van der Waals surface area (Å²) in [7, 11) is 0. The summed E-state index contributed by atoms with van der Waals surface area (Å²) in [6.07, 6.45) is 4.46. The van der Waals surface area contributed by atoms with Crippen LogP contribution in [0.25, 0.3) is 0 Å². The van der Waals surface area contributed by atoms with Crippen LogP contribution in [0.3, 0.4) is 0 Å². The number of carbonyl (C=O) groups excluding carboxylic acids is 1. The van der Waals surface area contributed by atoms with Crippen molar-refractivity contribution in [3.05, 3.63) is 23.3 Å². The lowest BCUT2D eigenvalue weighted by atomic mass is 10.0. The van der Waals surface area contributed by atoms with E-state index in [1.165, 1.54) is 11.6 Å². The predicted octanol–water partition coefficient (Wildman–Crippen LogP) is 2.23. The van der Waals surface area contributed by atoms with Crippen LogP contribution in [0.15, 0.2) is 23.3 Å². The highest BCUT2D eigenvalue weighted by Gasteiger charge is 2.14. The SMILES string of the molecule is CCOC(=O)/C=C(\C)C1C=C(C)CCO1. The monoisotopic (exact) mass is 210 g/mol. The first kappa shape index (κ1) is 12.0. The first-order valence-corrected chi connectivity index (χ1v) is 5.27. The van der Waals surface area contributed by atoms with Crippen LogP contribution in [0.5, 0.6) is 0 Å². The molecule has 1 rings (SSSR count). The van der Waals surface area contributed by atoms with Gasteiger partial charge in [0.25, 0.3) is 0 Å². The van der Waals surface area contributed by atoms with Gasteiger partial charge in [-0.3, -0.25) is 0 Å². The Bertz CT molecular complexity index is 289.